The number of ether oxygens (including phenoxy) is 1. The van der Waals surface area contributed by atoms with E-state index in [4.69, 9.17) is 10.5 Å². The van der Waals surface area contributed by atoms with Crippen molar-refractivity contribution < 1.29 is 22.7 Å². The third-order valence-electron chi connectivity index (χ3n) is 4.64. The first-order valence-electron chi connectivity index (χ1n) is 9.17. The number of nitrogens with two attached hydrogens (primary N) is 1. The third-order valence-corrected chi connectivity index (χ3v) is 4.64. The average molecular weight is 430 g/mol. The van der Waals surface area contributed by atoms with Gasteiger partial charge in [-0.05, 0) is 29.8 Å². The molecule has 0 saturated carbocycles. The second kappa shape index (κ2) is 7.74. The fourth-order valence-electron chi connectivity index (χ4n) is 3.13. The van der Waals surface area contributed by atoms with E-state index in [1.54, 1.807) is 18.2 Å². The lowest BCUT2D eigenvalue weighted by atomic mass is 10.1. The standard InChI is InChI=1S/C20H17F3N6O2/c1-31-14-4-2-3-13-17(14)27-19(24)29-18(13)26-15(28-29)9-16(30)25-10-11-5-7-12(8-6-11)20(21,22)23/h2-8H,9-10H2,1H3,(H2,24,27)(H,25,30). The van der Waals surface area contributed by atoms with E-state index in [1.807, 2.05) is 0 Å². The minimum atomic E-state index is -4.40. The molecule has 0 bridgehead atoms. The predicted molar refractivity (Wildman–Crippen MR) is 106 cm³/mol. The van der Waals surface area contributed by atoms with E-state index in [-0.39, 0.29) is 30.6 Å². The quantitative estimate of drug-likeness (QED) is 0.504. The molecule has 11 heteroatoms. The number of amides is 1. The number of hydrogen-bond acceptors (Lipinski definition) is 6. The van der Waals surface area contributed by atoms with Crippen molar-refractivity contribution in [2.45, 2.75) is 19.1 Å². The summed E-state index contributed by atoms with van der Waals surface area (Å²) in [5.74, 6) is 0.472. The molecule has 0 atom stereocenters. The molecular formula is C20H17F3N6O2. The molecule has 0 unspecified atom stereocenters. The number of carbonyl (C=O) groups is 1. The lowest BCUT2D eigenvalue weighted by Crippen LogP contribution is -2.25. The van der Waals surface area contributed by atoms with Crippen LogP contribution in [0, 0.1) is 0 Å². The molecule has 0 aliphatic heterocycles. The smallest absolute Gasteiger partial charge is 0.416 e. The third kappa shape index (κ3) is 4.06. The van der Waals surface area contributed by atoms with Gasteiger partial charge in [-0.15, -0.1) is 5.10 Å². The normalized spacial score (nSPS) is 11.7. The highest BCUT2D eigenvalue weighted by Crippen LogP contribution is 2.29. The van der Waals surface area contributed by atoms with Crippen molar-refractivity contribution >= 4 is 28.4 Å². The van der Waals surface area contributed by atoms with Gasteiger partial charge >= 0.3 is 6.18 Å². The van der Waals surface area contributed by atoms with Gasteiger partial charge in [0.15, 0.2) is 11.5 Å². The van der Waals surface area contributed by atoms with Crippen molar-refractivity contribution in [3.8, 4) is 5.75 Å². The Bertz CT molecular complexity index is 1270. The van der Waals surface area contributed by atoms with Crippen LogP contribution in [0.25, 0.3) is 16.6 Å². The minimum absolute atomic E-state index is 0.0775. The number of methoxy groups -OCH3 is 1. The SMILES string of the molecule is COc1cccc2c1nc(N)n1nc(CC(=O)NCc3ccc(C(F)(F)F)cc3)nc21. The Labute approximate surface area is 173 Å². The van der Waals surface area contributed by atoms with Crippen molar-refractivity contribution in [3.05, 3.63) is 59.4 Å². The highest BCUT2D eigenvalue weighted by Gasteiger charge is 2.29. The van der Waals surface area contributed by atoms with Crippen molar-refractivity contribution in [1.82, 2.24) is 24.9 Å². The second-order valence-electron chi connectivity index (χ2n) is 6.74. The number of rotatable bonds is 5. The first kappa shape index (κ1) is 20.4. The molecule has 31 heavy (non-hydrogen) atoms. The van der Waals surface area contributed by atoms with Gasteiger partial charge in [0, 0.05) is 11.9 Å². The van der Waals surface area contributed by atoms with Crippen molar-refractivity contribution in [2.75, 3.05) is 12.8 Å². The topological polar surface area (TPSA) is 107 Å². The number of para-hydroxylation sites is 1. The first-order valence-corrected chi connectivity index (χ1v) is 9.17. The molecule has 0 spiro atoms. The second-order valence-corrected chi connectivity index (χ2v) is 6.74. The van der Waals surface area contributed by atoms with Crippen LogP contribution in [0.3, 0.4) is 0 Å². The number of nitrogens with zero attached hydrogens (tertiary/aromatic N) is 4. The molecule has 2 heterocycles. The lowest BCUT2D eigenvalue weighted by molar-refractivity contribution is -0.137. The zero-order chi connectivity index (χ0) is 22.2. The average Bonchev–Trinajstić information content (AvgIpc) is 3.16. The van der Waals surface area contributed by atoms with E-state index in [9.17, 15) is 18.0 Å². The van der Waals surface area contributed by atoms with Crippen LogP contribution < -0.4 is 15.8 Å². The maximum Gasteiger partial charge on any atom is 0.416 e. The number of anilines is 1. The zero-order valence-corrected chi connectivity index (χ0v) is 16.3. The molecule has 4 aromatic rings. The van der Waals surface area contributed by atoms with Gasteiger partial charge in [-0.25, -0.2) is 9.97 Å². The molecule has 0 saturated heterocycles. The summed E-state index contributed by atoms with van der Waals surface area (Å²) in [5, 5.41) is 7.55. The Morgan fingerprint density at radius 1 is 1.16 bits per heavy atom. The molecule has 160 valence electrons. The number of fused-ring (bicyclic) bond motifs is 3. The molecule has 4 rings (SSSR count). The molecule has 8 nitrogen and oxygen atoms in total. The fraction of sp³-hybridized carbons (Fsp3) is 0.200. The highest BCUT2D eigenvalue weighted by atomic mass is 19.4. The monoisotopic (exact) mass is 430 g/mol. The van der Waals surface area contributed by atoms with E-state index in [2.05, 4.69) is 20.4 Å². The van der Waals surface area contributed by atoms with Gasteiger partial charge < -0.3 is 15.8 Å². The largest absolute Gasteiger partial charge is 0.494 e. The van der Waals surface area contributed by atoms with E-state index in [1.165, 1.54) is 23.8 Å². The van der Waals surface area contributed by atoms with Crippen LogP contribution in [0.5, 0.6) is 5.75 Å². The molecule has 0 fully saturated rings. The van der Waals surface area contributed by atoms with Gasteiger partial charge in [-0.3, -0.25) is 4.79 Å². The molecule has 2 aromatic heterocycles. The van der Waals surface area contributed by atoms with Crippen LogP contribution >= 0.6 is 0 Å². The Morgan fingerprint density at radius 2 is 1.90 bits per heavy atom. The van der Waals surface area contributed by atoms with Gasteiger partial charge in [0.25, 0.3) is 0 Å². The summed E-state index contributed by atoms with van der Waals surface area (Å²) in [4.78, 5) is 21.0. The number of halogens is 3. The molecule has 0 aliphatic rings. The number of benzene rings is 2. The first-order chi connectivity index (χ1) is 14.8. The summed E-state index contributed by atoms with van der Waals surface area (Å²) in [6.07, 6.45) is -4.53. The van der Waals surface area contributed by atoms with Crippen molar-refractivity contribution in [3.63, 3.8) is 0 Å². The molecule has 0 radical (unpaired) electrons. The number of aromatic nitrogens is 4. The zero-order valence-electron chi connectivity index (χ0n) is 16.3. The van der Waals surface area contributed by atoms with E-state index < -0.39 is 11.7 Å². The van der Waals surface area contributed by atoms with Gasteiger partial charge in [-0.2, -0.15) is 17.7 Å². The Balaban J connectivity index is 1.50. The predicted octanol–water partition coefficient (Wildman–Crippen LogP) is 2.75. The Hall–Kier alpha value is -3.89. The van der Waals surface area contributed by atoms with Gasteiger partial charge in [-0.1, -0.05) is 18.2 Å². The summed E-state index contributed by atoms with van der Waals surface area (Å²) < 4.78 is 44.5. The number of hydrogen-bond donors (Lipinski definition) is 2. The molecule has 1 amide bonds. The number of carbonyl (C=O) groups excluding carboxylic acids is 1. The van der Waals surface area contributed by atoms with Crippen molar-refractivity contribution in [2.24, 2.45) is 0 Å². The molecular weight excluding hydrogens is 413 g/mol. The summed E-state index contributed by atoms with van der Waals surface area (Å²) in [6, 6.07) is 9.90. The lowest BCUT2D eigenvalue weighted by Gasteiger charge is -2.08. The van der Waals surface area contributed by atoms with E-state index in [0.717, 1.165) is 12.1 Å². The molecule has 0 aliphatic carbocycles. The Morgan fingerprint density at radius 3 is 2.58 bits per heavy atom. The van der Waals surface area contributed by atoms with Gasteiger partial charge in [0.2, 0.25) is 11.9 Å². The number of alkyl halides is 3. The number of nitrogen functional groups attached to an aromatic ring is 1. The summed E-state index contributed by atoms with van der Waals surface area (Å²) in [7, 11) is 1.52. The molecule has 3 N–H and O–H groups in total. The van der Waals surface area contributed by atoms with Crippen LogP contribution in [0.4, 0.5) is 19.1 Å². The van der Waals surface area contributed by atoms with Gasteiger partial charge in [0.1, 0.15) is 11.3 Å². The van der Waals surface area contributed by atoms with Crippen molar-refractivity contribution in [1.29, 1.82) is 0 Å². The maximum atomic E-state index is 12.6. The van der Waals surface area contributed by atoms with Crippen LogP contribution in [-0.2, 0) is 23.9 Å². The van der Waals surface area contributed by atoms with Crippen LogP contribution in [0.2, 0.25) is 0 Å². The molecule has 2 aromatic carbocycles. The van der Waals surface area contributed by atoms with E-state index in [0.29, 0.717) is 27.9 Å². The van der Waals surface area contributed by atoms with Gasteiger partial charge in [0.05, 0.1) is 19.1 Å². The summed E-state index contributed by atoms with van der Waals surface area (Å²) >= 11 is 0. The maximum absolute atomic E-state index is 12.6. The van der Waals surface area contributed by atoms with Crippen LogP contribution in [0.1, 0.15) is 17.0 Å². The Kier molecular flexibility index (Phi) is 5.09. The minimum Gasteiger partial charge on any atom is -0.494 e. The highest BCUT2D eigenvalue weighted by molar-refractivity contribution is 5.95. The summed E-state index contributed by atoms with van der Waals surface area (Å²) in [5.41, 5.74) is 6.74. The fourth-order valence-corrected chi connectivity index (χ4v) is 3.13. The summed E-state index contributed by atoms with van der Waals surface area (Å²) in [6.45, 7) is 0.0775. The van der Waals surface area contributed by atoms with Crippen LogP contribution in [0.15, 0.2) is 42.5 Å². The number of nitrogens with one attached hydrogen (secondary N) is 1. The van der Waals surface area contributed by atoms with E-state index >= 15 is 0 Å². The van der Waals surface area contributed by atoms with Crippen LogP contribution in [-0.4, -0.2) is 32.6 Å².